The molecule has 0 bridgehead atoms. The number of nitrogens with one attached hydrogen (secondary N) is 2. The molecular formula is C21H18N6O. The summed E-state index contributed by atoms with van der Waals surface area (Å²) in [4.78, 5) is 12.4. The summed E-state index contributed by atoms with van der Waals surface area (Å²) in [5.41, 5.74) is 10.9. The molecule has 0 radical (unpaired) electrons. The molecule has 0 spiro atoms. The van der Waals surface area contributed by atoms with Crippen LogP contribution >= 0.6 is 0 Å². The van der Waals surface area contributed by atoms with Gasteiger partial charge in [-0.15, -0.1) is 10.2 Å². The van der Waals surface area contributed by atoms with E-state index in [9.17, 15) is 4.79 Å². The van der Waals surface area contributed by atoms with E-state index in [0.717, 1.165) is 22.3 Å². The first-order chi connectivity index (χ1) is 13.7. The standard InChI is InChI=1S/C21H18N6O/c22-19-11-17(10-18(12-19)20-24-26-27-25-20)15-6-8-16(9-7-15)21(28)23-13-14-4-2-1-3-5-14/h1-12H,13,22H2,(H,23,28)(H,24,25,26,27). The number of benzene rings is 3. The van der Waals surface area contributed by atoms with Crippen molar-refractivity contribution in [1.82, 2.24) is 25.9 Å². The van der Waals surface area contributed by atoms with E-state index >= 15 is 0 Å². The van der Waals surface area contributed by atoms with E-state index in [1.54, 1.807) is 18.2 Å². The molecule has 0 aliphatic rings. The van der Waals surface area contributed by atoms with Crippen molar-refractivity contribution in [2.75, 3.05) is 5.73 Å². The third-order valence-electron chi connectivity index (χ3n) is 4.34. The Kier molecular flexibility index (Phi) is 4.79. The maximum Gasteiger partial charge on any atom is 0.251 e. The Labute approximate surface area is 161 Å². The van der Waals surface area contributed by atoms with E-state index in [1.807, 2.05) is 54.6 Å². The lowest BCUT2D eigenvalue weighted by molar-refractivity contribution is 0.0951. The first kappa shape index (κ1) is 17.4. The second kappa shape index (κ2) is 7.71. The van der Waals surface area contributed by atoms with Gasteiger partial charge in [-0.1, -0.05) is 42.5 Å². The van der Waals surface area contributed by atoms with Gasteiger partial charge in [-0.2, -0.15) is 5.21 Å². The van der Waals surface area contributed by atoms with Gasteiger partial charge in [0.2, 0.25) is 5.82 Å². The molecule has 0 fully saturated rings. The van der Waals surface area contributed by atoms with Crippen LogP contribution < -0.4 is 11.1 Å². The van der Waals surface area contributed by atoms with Gasteiger partial charge in [-0.05, 0) is 52.2 Å². The van der Waals surface area contributed by atoms with Crippen molar-refractivity contribution in [2.24, 2.45) is 0 Å². The minimum atomic E-state index is -0.115. The highest BCUT2D eigenvalue weighted by atomic mass is 16.1. The average Bonchev–Trinajstić information content (AvgIpc) is 3.27. The molecule has 0 aliphatic heterocycles. The van der Waals surface area contributed by atoms with Crippen LogP contribution in [-0.2, 0) is 6.54 Å². The minimum Gasteiger partial charge on any atom is -0.399 e. The molecule has 0 unspecified atom stereocenters. The quantitative estimate of drug-likeness (QED) is 0.468. The first-order valence-electron chi connectivity index (χ1n) is 8.76. The van der Waals surface area contributed by atoms with E-state index in [2.05, 4.69) is 25.9 Å². The third-order valence-corrected chi connectivity index (χ3v) is 4.34. The van der Waals surface area contributed by atoms with Gasteiger partial charge in [0.1, 0.15) is 0 Å². The summed E-state index contributed by atoms with van der Waals surface area (Å²) < 4.78 is 0. The Bertz CT molecular complexity index is 1080. The zero-order valence-corrected chi connectivity index (χ0v) is 15.0. The van der Waals surface area contributed by atoms with Gasteiger partial charge in [0, 0.05) is 23.4 Å². The maximum atomic E-state index is 12.4. The van der Waals surface area contributed by atoms with E-state index in [1.165, 1.54) is 0 Å². The number of hydrogen-bond donors (Lipinski definition) is 3. The fourth-order valence-corrected chi connectivity index (χ4v) is 2.93. The zero-order valence-electron chi connectivity index (χ0n) is 15.0. The van der Waals surface area contributed by atoms with Gasteiger partial charge in [0.15, 0.2) is 0 Å². The Morgan fingerprint density at radius 1 is 0.929 bits per heavy atom. The van der Waals surface area contributed by atoms with Gasteiger partial charge in [0.05, 0.1) is 0 Å². The molecule has 1 amide bonds. The molecule has 4 aromatic rings. The number of nitrogens with zero attached hydrogens (tertiary/aromatic N) is 3. The Hall–Kier alpha value is -4.00. The molecule has 7 heteroatoms. The lowest BCUT2D eigenvalue weighted by Gasteiger charge is -2.08. The van der Waals surface area contributed by atoms with Crippen LogP contribution in [0.25, 0.3) is 22.5 Å². The van der Waals surface area contributed by atoms with Crippen molar-refractivity contribution >= 4 is 11.6 Å². The molecule has 138 valence electrons. The predicted molar refractivity (Wildman–Crippen MR) is 107 cm³/mol. The predicted octanol–water partition coefficient (Wildman–Crippen LogP) is 3.05. The van der Waals surface area contributed by atoms with Crippen LogP contribution in [0.1, 0.15) is 15.9 Å². The second-order valence-corrected chi connectivity index (χ2v) is 6.32. The number of aromatic amines is 1. The molecule has 1 aromatic heterocycles. The van der Waals surface area contributed by atoms with Gasteiger partial charge in [-0.3, -0.25) is 4.79 Å². The molecule has 0 aliphatic carbocycles. The molecule has 4 N–H and O–H groups in total. The smallest absolute Gasteiger partial charge is 0.251 e. The lowest BCUT2D eigenvalue weighted by atomic mass is 10.0. The highest BCUT2D eigenvalue weighted by Crippen LogP contribution is 2.27. The van der Waals surface area contributed by atoms with Gasteiger partial charge in [-0.25, -0.2) is 0 Å². The molecule has 1 heterocycles. The van der Waals surface area contributed by atoms with E-state index in [4.69, 9.17) is 5.73 Å². The van der Waals surface area contributed by atoms with Crippen molar-refractivity contribution in [1.29, 1.82) is 0 Å². The van der Waals surface area contributed by atoms with E-state index < -0.39 is 0 Å². The number of amides is 1. The molecule has 3 aromatic carbocycles. The maximum absolute atomic E-state index is 12.4. The summed E-state index contributed by atoms with van der Waals surface area (Å²) in [6, 6.07) is 22.8. The van der Waals surface area contributed by atoms with E-state index in [0.29, 0.717) is 23.6 Å². The first-order valence-corrected chi connectivity index (χ1v) is 8.76. The minimum absolute atomic E-state index is 0.115. The number of nitrogens with two attached hydrogens (primary N) is 1. The Morgan fingerprint density at radius 2 is 1.68 bits per heavy atom. The number of carbonyl (C=O) groups is 1. The van der Waals surface area contributed by atoms with Crippen molar-refractivity contribution in [3.8, 4) is 22.5 Å². The van der Waals surface area contributed by atoms with E-state index in [-0.39, 0.29) is 5.91 Å². The molecule has 28 heavy (non-hydrogen) atoms. The number of hydrogen-bond acceptors (Lipinski definition) is 5. The largest absolute Gasteiger partial charge is 0.399 e. The van der Waals surface area contributed by atoms with Crippen LogP contribution in [0.2, 0.25) is 0 Å². The Balaban J connectivity index is 1.51. The number of anilines is 1. The van der Waals surface area contributed by atoms with Gasteiger partial charge >= 0.3 is 0 Å². The average molecular weight is 370 g/mol. The fourth-order valence-electron chi connectivity index (χ4n) is 2.93. The zero-order chi connectivity index (χ0) is 19.3. The molecule has 0 atom stereocenters. The number of carbonyl (C=O) groups excluding carboxylic acids is 1. The number of H-pyrrole nitrogens is 1. The van der Waals surface area contributed by atoms with Crippen molar-refractivity contribution in [3.05, 3.63) is 83.9 Å². The highest BCUT2D eigenvalue weighted by molar-refractivity contribution is 5.94. The number of rotatable bonds is 5. The summed E-state index contributed by atoms with van der Waals surface area (Å²) in [7, 11) is 0. The summed E-state index contributed by atoms with van der Waals surface area (Å²) in [5, 5.41) is 16.9. The van der Waals surface area contributed by atoms with Crippen LogP contribution in [0, 0.1) is 0 Å². The molecule has 0 saturated carbocycles. The van der Waals surface area contributed by atoms with Crippen LogP contribution in [0.5, 0.6) is 0 Å². The van der Waals surface area contributed by atoms with Gasteiger partial charge < -0.3 is 11.1 Å². The summed E-state index contributed by atoms with van der Waals surface area (Å²) in [6.07, 6.45) is 0. The number of tetrazole rings is 1. The molecule has 7 nitrogen and oxygen atoms in total. The van der Waals surface area contributed by atoms with Gasteiger partial charge in [0.25, 0.3) is 5.91 Å². The van der Waals surface area contributed by atoms with Crippen molar-refractivity contribution < 1.29 is 4.79 Å². The summed E-state index contributed by atoms with van der Waals surface area (Å²) in [5.74, 6) is 0.362. The molecular weight excluding hydrogens is 352 g/mol. The van der Waals surface area contributed by atoms with Crippen LogP contribution in [0.3, 0.4) is 0 Å². The van der Waals surface area contributed by atoms with Crippen LogP contribution in [0.15, 0.2) is 72.8 Å². The van der Waals surface area contributed by atoms with Crippen molar-refractivity contribution in [2.45, 2.75) is 6.54 Å². The Morgan fingerprint density at radius 3 is 2.39 bits per heavy atom. The normalized spacial score (nSPS) is 10.6. The number of nitrogen functional groups attached to an aromatic ring is 1. The second-order valence-electron chi connectivity index (χ2n) is 6.32. The van der Waals surface area contributed by atoms with Crippen LogP contribution in [-0.4, -0.2) is 26.5 Å². The molecule has 4 rings (SSSR count). The topological polar surface area (TPSA) is 110 Å². The third kappa shape index (κ3) is 3.88. The number of aromatic nitrogens is 4. The lowest BCUT2D eigenvalue weighted by Crippen LogP contribution is -2.22. The van der Waals surface area contributed by atoms with Crippen molar-refractivity contribution in [3.63, 3.8) is 0 Å². The fraction of sp³-hybridized carbons (Fsp3) is 0.0476. The monoisotopic (exact) mass is 370 g/mol. The van der Waals surface area contributed by atoms with Crippen LogP contribution in [0.4, 0.5) is 5.69 Å². The molecule has 0 saturated heterocycles. The SMILES string of the molecule is Nc1cc(-c2ccc(C(=O)NCc3ccccc3)cc2)cc(-c2nn[nH]n2)c1. The highest BCUT2D eigenvalue weighted by Gasteiger charge is 2.09. The summed E-state index contributed by atoms with van der Waals surface area (Å²) in [6.45, 7) is 0.491. The summed E-state index contributed by atoms with van der Waals surface area (Å²) >= 11 is 0.